The fraction of sp³-hybridized carbons (Fsp3) is 0.350. The number of ether oxygens (including phenoxy) is 1. The number of carboxylic acids is 2. The number of alkyl halides is 6. The molecule has 0 aliphatic carbocycles. The molecule has 13 heteroatoms. The van der Waals surface area contributed by atoms with Crippen LogP contribution in [0.4, 0.5) is 26.3 Å². The van der Waals surface area contributed by atoms with Gasteiger partial charge in [0.05, 0.1) is 13.2 Å². The van der Waals surface area contributed by atoms with Gasteiger partial charge in [0.2, 0.25) is 0 Å². The molecule has 1 aliphatic rings. The standard InChI is InChI=1S/C16H18N2O.2C2HF3O2/c1-2-4-16(14-5-7-17-8-6-14)15(3-1)13-18-9-11-19-12-10-18;2*3-2(4,5)1(6)7/h1-8H,9-13H2;2*(H,6,7). The molecule has 0 spiro atoms. The first-order valence-electron chi connectivity index (χ1n) is 9.21. The molecule has 1 fully saturated rings. The minimum atomic E-state index is -5.08. The van der Waals surface area contributed by atoms with Crippen LogP contribution in [0.25, 0.3) is 11.1 Å². The van der Waals surface area contributed by atoms with Crippen molar-refractivity contribution in [1.29, 1.82) is 0 Å². The Bertz CT molecular complexity index is 861. The van der Waals surface area contributed by atoms with Gasteiger partial charge in [-0.25, -0.2) is 9.59 Å². The summed E-state index contributed by atoms with van der Waals surface area (Å²) in [6.07, 6.45) is -6.47. The fourth-order valence-corrected chi connectivity index (χ4v) is 2.47. The number of carboxylic acid groups (broad SMARTS) is 2. The molecule has 2 aromatic rings. The Balaban J connectivity index is 0.000000324. The van der Waals surface area contributed by atoms with E-state index in [4.69, 9.17) is 24.5 Å². The quantitative estimate of drug-likeness (QED) is 0.642. The van der Waals surface area contributed by atoms with Gasteiger partial charge in [-0.3, -0.25) is 9.88 Å². The Morgan fingerprint density at radius 2 is 1.33 bits per heavy atom. The van der Waals surface area contributed by atoms with Crippen molar-refractivity contribution in [2.75, 3.05) is 26.3 Å². The molecule has 0 saturated carbocycles. The molecule has 1 saturated heterocycles. The van der Waals surface area contributed by atoms with Crippen molar-refractivity contribution in [3.63, 3.8) is 0 Å². The Morgan fingerprint density at radius 3 is 1.79 bits per heavy atom. The summed E-state index contributed by atoms with van der Waals surface area (Å²) in [6, 6.07) is 12.7. The van der Waals surface area contributed by atoms with Gasteiger partial charge in [-0.2, -0.15) is 26.3 Å². The molecule has 7 nitrogen and oxygen atoms in total. The van der Waals surface area contributed by atoms with E-state index in [-0.39, 0.29) is 0 Å². The minimum absolute atomic E-state index is 0.845. The average Bonchev–Trinajstić information content (AvgIpc) is 2.75. The molecule has 2 heterocycles. The molecule has 0 unspecified atom stereocenters. The maximum Gasteiger partial charge on any atom is 0.490 e. The molecular weight excluding hydrogens is 462 g/mol. The molecule has 33 heavy (non-hydrogen) atoms. The van der Waals surface area contributed by atoms with Crippen molar-refractivity contribution >= 4 is 11.9 Å². The molecule has 1 aromatic carbocycles. The van der Waals surface area contributed by atoms with E-state index in [0.717, 1.165) is 32.8 Å². The number of nitrogens with zero attached hydrogens (tertiary/aromatic N) is 2. The highest BCUT2D eigenvalue weighted by Gasteiger charge is 2.38. The zero-order valence-electron chi connectivity index (χ0n) is 16.9. The van der Waals surface area contributed by atoms with Crippen LogP contribution in [0.2, 0.25) is 0 Å². The minimum Gasteiger partial charge on any atom is -0.475 e. The number of carbonyl (C=O) groups is 2. The second kappa shape index (κ2) is 12.7. The lowest BCUT2D eigenvalue weighted by molar-refractivity contribution is -0.193. The van der Waals surface area contributed by atoms with Crippen molar-refractivity contribution in [2.24, 2.45) is 0 Å². The van der Waals surface area contributed by atoms with E-state index in [9.17, 15) is 26.3 Å². The summed E-state index contributed by atoms with van der Waals surface area (Å²) in [6.45, 7) is 4.71. The SMILES string of the molecule is O=C(O)C(F)(F)F.O=C(O)C(F)(F)F.c1ccc(-c2ccncc2)c(CN2CCOCC2)c1. The number of pyridine rings is 1. The lowest BCUT2D eigenvalue weighted by Crippen LogP contribution is -2.35. The van der Waals surface area contributed by atoms with Gasteiger partial charge in [0.25, 0.3) is 0 Å². The second-order valence-electron chi connectivity index (χ2n) is 6.39. The van der Waals surface area contributed by atoms with Gasteiger partial charge in [-0.15, -0.1) is 0 Å². The first-order chi connectivity index (χ1) is 15.3. The Labute approximate surface area is 184 Å². The zero-order chi connectivity index (χ0) is 25.1. The number of morpholine rings is 1. The largest absolute Gasteiger partial charge is 0.490 e. The molecule has 1 aromatic heterocycles. The first kappa shape index (κ1) is 27.8. The summed E-state index contributed by atoms with van der Waals surface area (Å²) >= 11 is 0. The molecule has 0 atom stereocenters. The van der Waals surface area contributed by atoms with Crippen molar-refractivity contribution in [1.82, 2.24) is 9.88 Å². The lowest BCUT2D eigenvalue weighted by Gasteiger charge is -2.27. The van der Waals surface area contributed by atoms with Crippen LogP contribution in [0.1, 0.15) is 5.56 Å². The third-order valence-corrected chi connectivity index (χ3v) is 3.99. The highest BCUT2D eigenvalue weighted by molar-refractivity contribution is 5.73. The van der Waals surface area contributed by atoms with Crippen LogP contribution in [0.5, 0.6) is 0 Å². The van der Waals surface area contributed by atoms with Gasteiger partial charge in [0.15, 0.2) is 0 Å². The summed E-state index contributed by atoms with van der Waals surface area (Å²) in [5.41, 5.74) is 3.91. The number of halogens is 6. The van der Waals surface area contributed by atoms with Crippen LogP contribution in [0.15, 0.2) is 48.8 Å². The van der Waals surface area contributed by atoms with Crippen LogP contribution in [-0.2, 0) is 20.9 Å². The van der Waals surface area contributed by atoms with Gasteiger partial charge in [-0.05, 0) is 28.8 Å². The highest BCUT2D eigenvalue weighted by Crippen LogP contribution is 2.24. The van der Waals surface area contributed by atoms with Crippen LogP contribution in [0, 0.1) is 0 Å². The monoisotopic (exact) mass is 482 g/mol. The van der Waals surface area contributed by atoms with E-state index >= 15 is 0 Å². The van der Waals surface area contributed by atoms with Gasteiger partial charge in [0.1, 0.15) is 0 Å². The Morgan fingerprint density at radius 1 is 0.879 bits per heavy atom. The molecule has 182 valence electrons. The summed E-state index contributed by atoms with van der Waals surface area (Å²) in [5, 5.41) is 14.2. The third kappa shape index (κ3) is 10.8. The van der Waals surface area contributed by atoms with Gasteiger partial charge in [-0.1, -0.05) is 24.3 Å². The van der Waals surface area contributed by atoms with Crippen molar-refractivity contribution in [3.05, 3.63) is 54.4 Å². The maximum atomic E-state index is 10.6. The summed E-state index contributed by atoms with van der Waals surface area (Å²) in [4.78, 5) is 24.3. The molecule has 0 bridgehead atoms. The van der Waals surface area contributed by atoms with Gasteiger partial charge in [0, 0.05) is 32.0 Å². The van der Waals surface area contributed by atoms with Gasteiger partial charge < -0.3 is 14.9 Å². The van der Waals surface area contributed by atoms with E-state index in [2.05, 4.69) is 46.3 Å². The number of hydrogen-bond donors (Lipinski definition) is 2. The number of aliphatic carboxylic acids is 2. The maximum absolute atomic E-state index is 10.6. The molecule has 0 radical (unpaired) electrons. The topological polar surface area (TPSA) is 100.0 Å². The van der Waals surface area contributed by atoms with E-state index in [1.165, 1.54) is 16.7 Å². The normalized spacial score (nSPS) is 14.2. The molecule has 2 N–H and O–H groups in total. The summed E-state index contributed by atoms with van der Waals surface area (Å²) in [7, 11) is 0. The lowest BCUT2D eigenvalue weighted by atomic mass is 10.0. The van der Waals surface area contributed by atoms with Gasteiger partial charge >= 0.3 is 24.3 Å². The van der Waals surface area contributed by atoms with E-state index in [0.29, 0.717) is 0 Å². The highest BCUT2D eigenvalue weighted by atomic mass is 19.4. The van der Waals surface area contributed by atoms with Crippen LogP contribution >= 0.6 is 0 Å². The molecule has 3 rings (SSSR count). The zero-order valence-corrected chi connectivity index (χ0v) is 16.9. The molecule has 0 amide bonds. The number of rotatable bonds is 3. The Kier molecular flexibility index (Phi) is 10.8. The Hall–Kier alpha value is -3.19. The predicted octanol–water partition coefficient (Wildman–Crippen LogP) is 3.85. The van der Waals surface area contributed by atoms with E-state index in [1.807, 2.05) is 12.4 Å². The van der Waals surface area contributed by atoms with Crippen molar-refractivity contribution in [2.45, 2.75) is 18.9 Å². The van der Waals surface area contributed by atoms with Crippen LogP contribution < -0.4 is 0 Å². The predicted molar refractivity (Wildman–Crippen MR) is 103 cm³/mol. The smallest absolute Gasteiger partial charge is 0.475 e. The average molecular weight is 482 g/mol. The van der Waals surface area contributed by atoms with Crippen LogP contribution in [0.3, 0.4) is 0 Å². The van der Waals surface area contributed by atoms with E-state index in [1.54, 1.807) is 0 Å². The third-order valence-electron chi connectivity index (χ3n) is 3.99. The van der Waals surface area contributed by atoms with E-state index < -0.39 is 24.3 Å². The van der Waals surface area contributed by atoms with Crippen molar-refractivity contribution < 1.29 is 50.9 Å². The second-order valence-corrected chi connectivity index (χ2v) is 6.39. The van der Waals surface area contributed by atoms with Crippen molar-refractivity contribution in [3.8, 4) is 11.1 Å². The number of hydrogen-bond acceptors (Lipinski definition) is 5. The summed E-state index contributed by atoms with van der Waals surface area (Å²) < 4.78 is 68.9. The molecular formula is C20H20F6N2O5. The summed E-state index contributed by atoms with van der Waals surface area (Å²) in [5.74, 6) is -5.51. The van der Waals surface area contributed by atoms with Crippen LogP contribution in [-0.4, -0.2) is 70.7 Å². The first-order valence-corrected chi connectivity index (χ1v) is 9.21. The number of benzene rings is 1. The number of aromatic nitrogens is 1. The fourth-order valence-electron chi connectivity index (χ4n) is 2.47. The molecule has 1 aliphatic heterocycles.